The van der Waals surface area contributed by atoms with E-state index in [0.717, 1.165) is 28.7 Å². The van der Waals surface area contributed by atoms with Crippen LogP contribution in [0.2, 0.25) is 0 Å². The minimum absolute atomic E-state index is 0.319. The molecule has 0 unspecified atom stereocenters. The van der Waals surface area contributed by atoms with Crippen molar-refractivity contribution in [3.05, 3.63) is 42.2 Å². The first kappa shape index (κ1) is 9.40. The van der Waals surface area contributed by atoms with Crippen molar-refractivity contribution in [3.63, 3.8) is 0 Å². The lowest BCUT2D eigenvalue weighted by molar-refractivity contribution is -0.118. The third kappa shape index (κ3) is 1.56. The maximum Gasteiger partial charge on any atom is 0.137 e. The average molecular weight is 212 g/mol. The molecule has 0 spiro atoms. The molecule has 0 amide bonds. The van der Waals surface area contributed by atoms with E-state index in [4.69, 9.17) is 4.42 Å². The second-order valence-electron chi connectivity index (χ2n) is 4.12. The van der Waals surface area contributed by atoms with Crippen molar-refractivity contribution in [2.45, 2.75) is 19.3 Å². The van der Waals surface area contributed by atoms with E-state index in [1.54, 1.807) is 0 Å². The van der Waals surface area contributed by atoms with E-state index in [1.807, 2.05) is 30.3 Å². The summed E-state index contributed by atoms with van der Waals surface area (Å²) in [6, 6.07) is 10.0. The normalized spacial score (nSPS) is 16.5. The number of Topliss-reactive ketones (excluding diaryl/α,β-unsaturated/α-hetero) is 1. The van der Waals surface area contributed by atoms with E-state index < -0.39 is 0 Å². The molecular formula is C14H12O2. The molecule has 80 valence electrons. The van der Waals surface area contributed by atoms with E-state index in [1.165, 1.54) is 0 Å². The summed E-state index contributed by atoms with van der Waals surface area (Å²) in [7, 11) is 0. The molecule has 0 bridgehead atoms. The van der Waals surface area contributed by atoms with Crippen molar-refractivity contribution >= 4 is 22.3 Å². The molecule has 0 fully saturated rings. The third-order valence-corrected chi connectivity index (χ3v) is 2.99. The highest BCUT2D eigenvalue weighted by atomic mass is 16.3. The molecule has 0 aliphatic heterocycles. The number of carbonyl (C=O) groups is 1. The summed E-state index contributed by atoms with van der Waals surface area (Å²) in [6.45, 7) is 0. The van der Waals surface area contributed by atoms with Crippen LogP contribution in [-0.4, -0.2) is 5.78 Å². The number of furan rings is 1. The van der Waals surface area contributed by atoms with E-state index in [9.17, 15) is 4.79 Å². The number of benzene rings is 1. The molecule has 2 nitrogen and oxygen atoms in total. The number of allylic oxidation sites excluding steroid dienone is 2. The highest BCUT2D eigenvalue weighted by molar-refractivity contribution is 5.88. The van der Waals surface area contributed by atoms with Crippen LogP contribution in [0, 0.1) is 0 Å². The molecule has 16 heavy (non-hydrogen) atoms. The lowest BCUT2D eigenvalue weighted by Crippen LogP contribution is -2.02. The summed E-state index contributed by atoms with van der Waals surface area (Å²) in [5.41, 5.74) is 2.08. The van der Waals surface area contributed by atoms with Crippen molar-refractivity contribution < 1.29 is 9.21 Å². The molecule has 2 heteroatoms. The average Bonchev–Trinajstić information content (AvgIpc) is 2.73. The van der Waals surface area contributed by atoms with Gasteiger partial charge in [0.25, 0.3) is 0 Å². The summed E-state index contributed by atoms with van der Waals surface area (Å²) in [4.78, 5) is 11.1. The number of para-hydroxylation sites is 1. The van der Waals surface area contributed by atoms with Crippen molar-refractivity contribution in [1.29, 1.82) is 0 Å². The van der Waals surface area contributed by atoms with Gasteiger partial charge >= 0.3 is 0 Å². The predicted molar refractivity (Wildman–Crippen MR) is 63.0 cm³/mol. The van der Waals surface area contributed by atoms with Gasteiger partial charge in [-0.2, -0.15) is 0 Å². The van der Waals surface area contributed by atoms with Gasteiger partial charge in [0.15, 0.2) is 0 Å². The van der Waals surface area contributed by atoms with Crippen LogP contribution in [0.5, 0.6) is 0 Å². The lowest BCUT2D eigenvalue weighted by atomic mass is 9.97. The second kappa shape index (κ2) is 3.63. The number of rotatable bonds is 1. The van der Waals surface area contributed by atoms with Crippen LogP contribution in [0.15, 0.2) is 40.8 Å². The molecule has 2 aromatic rings. The van der Waals surface area contributed by atoms with Gasteiger partial charge in [0.05, 0.1) is 0 Å². The second-order valence-corrected chi connectivity index (χ2v) is 4.12. The predicted octanol–water partition coefficient (Wildman–Crippen LogP) is 3.57. The summed E-state index contributed by atoms with van der Waals surface area (Å²) < 4.78 is 5.76. The van der Waals surface area contributed by atoms with Gasteiger partial charge in [-0.1, -0.05) is 24.3 Å². The Morgan fingerprint density at radius 1 is 1.12 bits per heavy atom. The first-order valence-corrected chi connectivity index (χ1v) is 5.52. The van der Waals surface area contributed by atoms with Crippen LogP contribution >= 0.6 is 0 Å². The Labute approximate surface area is 93.6 Å². The zero-order chi connectivity index (χ0) is 11.0. The molecule has 0 radical (unpaired) electrons. The van der Waals surface area contributed by atoms with Crippen LogP contribution in [0.1, 0.15) is 25.0 Å². The van der Waals surface area contributed by atoms with Gasteiger partial charge < -0.3 is 4.42 Å². The standard InChI is InChI=1S/C14H12O2/c15-12-7-5-10(6-8-12)14-9-11-3-1-2-4-13(11)16-14/h1-5,9H,6-8H2. The van der Waals surface area contributed by atoms with Crippen LogP contribution in [0.3, 0.4) is 0 Å². The number of carbonyl (C=O) groups excluding carboxylic acids is 1. The third-order valence-electron chi connectivity index (χ3n) is 2.99. The summed E-state index contributed by atoms with van der Waals surface area (Å²) in [5.74, 6) is 1.23. The van der Waals surface area contributed by atoms with E-state index in [2.05, 4.69) is 6.07 Å². The maximum absolute atomic E-state index is 11.1. The zero-order valence-electron chi connectivity index (χ0n) is 8.90. The number of ketones is 1. The first-order chi connectivity index (χ1) is 7.83. The largest absolute Gasteiger partial charge is 0.456 e. The van der Waals surface area contributed by atoms with Gasteiger partial charge in [0.2, 0.25) is 0 Å². The Bertz CT molecular complexity index is 542. The highest BCUT2D eigenvalue weighted by Gasteiger charge is 2.14. The molecule has 0 saturated carbocycles. The topological polar surface area (TPSA) is 30.2 Å². The fourth-order valence-corrected chi connectivity index (χ4v) is 2.08. The van der Waals surface area contributed by atoms with E-state index in [0.29, 0.717) is 18.6 Å². The highest BCUT2D eigenvalue weighted by Crippen LogP contribution is 2.29. The van der Waals surface area contributed by atoms with Gasteiger partial charge in [-0.25, -0.2) is 0 Å². The molecule has 1 aromatic carbocycles. The number of hydrogen-bond acceptors (Lipinski definition) is 2. The van der Waals surface area contributed by atoms with Crippen LogP contribution < -0.4 is 0 Å². The fraction of sp³-hybridized carbons (Fsp3) is 0.214. The van der Waals surface area contributed by atoms with Crippen LogP contribution in [0.4, 0.5) is 0 Å². The molecule has 1 heterocycles. The van der Waals surface area contributed by atoms with Gasteiger partial charge in [0.1, 0.15) is 17.1 Å². The van der Waals surface area contributed by atoms with Gasteiger partial charge in [-0.05, 0) is 24.1 Å². The lowest BCUT2D eigenvalue weighted by Gasteiger charge is -2.08. The van der Waals surface area contributed by atoms with Crippen molar-refractivity contribution in [2.75, 3.05) is 0 Å². The van der Waals surface area contributed by atoms with E-state index >= 15 is 0 Å². The first-order valence-electron chi connectivity index (χ1n) is 5.52. The molecule has 0 N–H and O–H groups in total. The van der Waals surface area contributed by atoms with E-state index in [-0.39, 0.29) is 0 Å². The fourth-order valence-electron chi connectivity index (χ4n) is 2.08. The van der Waals surface area contributed by atoms with Crippen molar-refractivity contribution in [2.24, 2.45) is 0 Å². The Balaban J connectivity index is 2.03. The van der Waals surface area contributed by atoms with Gasteiger partial charge in [0, 0.05) is 18.2 Å². The molecule has 0 saturated heterocycles. The molecule has 1 aromatic heterocycles. The zero-order valence-corrected chi connectivity index (χ0v) is 8.90. The quantitative estimate of drug-likeness (QED) is 0.723. The molecular weight excluding hydrogens is 200 g/mol. The smallest absolute Gasteiger partial charge is 0.137 e. The Kier molecular flexibility index (Phi) is 2.13. The Hall–Kier alpha value is -1.83. The summed E-state index contributed by atoms with van der Waals surface area (Å²) >= 11 is 0. The summed E-state index contributed by atoms with van der Waals surface area (Å²) in [5, 5.41) is 1.12. The Morgan fingerprint density at radius 2 is 2.00 bits per heavy atom. The van der Waals surface area contributed by atoms with Gasteiger partial charge in [-0.15, -0.1) is 0 Å². The molecule has 0 atom stereocenters. The molecule has 3 rings (SSSR count). The van der Waals surface area contributed by atoms with Crippen molar-refractivity contribution in [3.8, 4) is 0 Å². The minimum Gasteiger partial charge on any atom is -0.456 e. The van der Waals surface area contributed by atoms with Gasteiger partial charge in [-0.3, -0.25) is 4.79 Å². The van der Waals surface area contributed by atoms with Crippen LogP contribution in [-0.2, 0) is 4.79 Å². The summed E-state index contributed by atoms with van der Waals surface area (Å²) in [6.07, 6.45) is 3.98. The minimum atomic E-state index is 0.319. The SMILES string of the molecule is O=C1CC=C(c2cc3ccccc3o2)CC1. The monoisotopic (exact) mass is 212 g/mol. The Morgan fingerprint density at radius 3 is 2.75 bits per heavy atom. The molecule has 1 aliphatic rings. The van der Waals surface area contributed by atoms with Crippen LogP contribution in [0.25, 0.3) is 16.5 Å². The molecule has 1 aliphatic carbocycles. The number of fused-ring (bicyclic) bond motifs is 1. The van der Waals surface area contributed by atoms with Crippen molar-refractivity contribution in [1.82, 2.24) is 0 Å². The maximum atomic E-state index is 11.1. The number of hydrogen-bond donors (Lipinski definition) is 0.